The molecule has 0 atom stereocenters. The van der Waals surface area contributed by atoms with E-state index < -0.39 is 0 Å². The molecule has 0 amide bonds. The summed E-state index contributed by atoms with van der Waals surface area (Å²) in [6, 6.07) is 18.4. The van der Waals surface area contributed by atoms with Crippen LogP contribution in [-0.2, 0) is 0 Å². The van der Waals surface area contributed by atoms with E-state index in [9.17, 15) is 0 Å². The second-order valence-corrected chi connectivity index (χ2v) is 5.56. The first-order valence-electron chi connectivity index (χ1n) is 5.95. The van der Waals surface area contributed by atoms with Crippen molar-refractivity contribution in [3.05, 3.63) is 64.1 Å². The maximum absolute atomic E-state index is 4.30. The molecule has 3 nitrogen and oxygen atoms in total. The quantitative estimate of drug-likeness (QED) is 0.634. The van der Waals surface area contributed by atoms with Crippen LogP contribution in [0.3, 0.4) is 0 Å². The Balaban J connectivity index is 2.07. The summed E-state index contributed by atoms with van der Waals surface area (Å²) in [5.74, 6) is 0.636. The summed E-state index contributed by atoms with van der Waals surface area (Å²) < 4.78 is 1.03. The molecular formula is C15H9Br2N3. The molecule has 3 aromatic rings. The molecule has 0 aliphatic rings. The highest BCUT2D eigenvalue weighted by Crippen LogP contribution is 2.25. The van der Waals surface area contributed by atoms with E-state index in [0.717, 1.165) is 11.1 Å². The highest BCUT2D eigenvalue weighted by molar-refractivity contribution is 9.11. The lowest BCUT2D eigenvalue weighted by Gasteiger charge is -2.05. The molecule has 1 aromatic heterocycles. The molecule has 0 bridgehead atoms. The highest BCUT2D eigenvalue weighted by atomic mass is 79.9. The van der Waals surface area contributed by atoms with Crippen molar-refractivity contribution in [2.75, 3.05) is 0 Å². The van der Waals surface area contributed by atoms with Crippen LogP contribution in [0.2, 0.25) is 0 Å². The lowest BCUT2D eigenvalue weighted by Crippen LogP contribution is -1.94. The summed E-state index contributed by atoms with van der Waals surface area (Å²) in [5, 5.41) is 0. The number of halogens is 2. The van der Waals surface area contributed by atoms with Gasteiger partial charge >= 0.3 is 0 Å². The van der Waals surface area contributed by atoms with Crippen molar-refractivity contribution in [1.82, 2.24) is 15.0 Å². The maximum atomic E-state index is 4.30. The number of hydrogen-bond donors (Lipinski definition) is 0. The van der Waals surface area contributed by atoms with E-state index in [-0.39, 0.29) is 0 Å². The van der Waals surface area contributed by atoms with Crippen LogP contribution in [0.15, 0.2) is 64.1 Å². The third-order valence-electron chi connectivity index (χ3n) is 2.81. The molecule has 0 N–H and O–H groups in total. The molecule has 1 heterocycles. The third-order valence-corrected chi connectivity index (χ3v) is 3.52. The first-order chi connectivity index (χ1) is 9.72. The van der Waals surface area contributed by atoms with Crippen LogP contribution in [0.25, 0.3) is 22.5 Å². The highest BCUT2D eigenvalue weighted by Gasteiger charge is 2.07. The molecule has 98 valence electrons. The minimum atomic E-state index is 0.513. The average Bonchev–Trinajstić information content (AvgIpc) is 2.47. The minimum Gasteiger partial charge on any atom is -0.202 e. The van der Waals surface area contributed by atoms with Gasteiger partial charge in [-0.25, -0.2) is 9.97 Å². The summed E-state index contributed by atoms with van der Waals surface area (Å²) >= 11 is 6.56. The monoisotopic (exact) mass is 389 g/mol. The molecule has 0 aliphatic heterocycles. The predicted octanol–water partition coefficient (Wildman–Crippen LogP) is 4.73. The fraction of sp³-hybridized carbons (Fsp3) is 0. The Labute approximate surface area is 133 Å². The van der Waals surface area contributed by atoms with Gasteiger partial charge in [-0.05, 0) is 49.1 Å². The third kappa shape index (κ3) is 2.94. The lowest BCUT2D eigenvalue weighted by molar-refractivity contribution is 0.984. The number of rotatable bonds is 2. The second kappa shape index (κ2) is 5.81. The number of benzene rings is 2. The summed E-state index contributed by atoms with van der Waals surface area (Å²) in [7, 11) is 0. The molecule has 0 spiro atoms. The smallest absolute Gasteiger partial charge is 0.201 e. The van der Waals surface area contributed by atoms with E-state index in [1.807, 2.05) is 30.3 Å². The Morgan fingerprint density at radius 1 is 0.600 bits per heavy atom. The van der Waals surface area contributed by atoms with Crippen molar-refractivity contribution in [2.24, 2.45) is 0 Å². The van der Waals surface area contributed by atoms with Crippen LogP contribution in [0.5, 0.6) is 0 Å². The molecule has 3 rings (SSSR count). The number of hydrogen-bond acceptors (Lipinski definition) is 3. The van der Waals surface area contributed by atoms with Crippen molar-refractivity contribution in [3.8, 4) is 22.5 Å². The zero-order chi connectivity index (χ0) is 13.9. The Morgan fingerprint density at radius 3 is 1.90 bits per heavy atom. The van der Waals surface area contributed by atoms with E-state index in [1.165, 1.54) is 5.56 Å². The normalized spacial score (nSPS) is 10.5. The van der Waals surface area contributed by atoms with Gasteiger partial charge in [0, 0.05) is 5.56 Å². The summed E-state index contributed by atoms with van der Waals surface area (Å²) in [6.45, 7) is 0. The van der Waals surface area contributed by atoms with Crippen molar-refractivity contribution < 1.29 is 0 Å². The fourth-order valence-corrected chi connectivity index (χ4v) is 2.83. The van der Waals surface area contributed by atoms with Gasteiger partial charge in [0.25, 0.3) is 0 Å². The van der Waals surface area contributed by atoms with Crippen molar-refractivity contribution in [1.29, 1.82) is 0 Å². The van der Waals surface area contributed by atoms with Crippen LogP contribution in [0, 0.1) is 0 Å². The van der Waals surface area contributed by atoms with Crippen LogP contribution >= 0.6 is 31.9 Å². The van der Waals surface area contributed by atoms with Crippen LogP contribution < -0.4 is 0 Å². The van der Waals surface area contributed by atoms with Crippen molar-refractivity contribution in [2.45, 2.75) is 0 Å². The topological polar surface area (TPSA) is 38.7 Å². The Hall–Kier alpha value is -1.59. The molecule has 0 unspecified atom stereocenters. The van der Waals surface area contributed by atoms with E-state index >= 15 is 0 Å². The molecule has 0 fully saturated rings. The maximum Gasteiger partial charge on any atom is 0.201 e. The van der Waals surface area contributed by atoms with Gasteiger partial charge in [-0.2, -0.15) is 4.98 Å². The Bertz CT molecular complexity index is 725. The Kier molecular flexibility index (Phi) is 3.89. The average molecular weight is 391 g/mol. The van der Waals surface area contributed by atoms with E-state index in [4.69, 9.17) is 0 Å². The SMILES string of the molecule is Brc1nc(Br)nc(-c2cccc(-c3ccccc3)c2)n1. The zero-order valence-electron chi connectivity index (χ0n) is 10.3. The first kappa shape index (κ1) is 13.4. The van der Waals surface area contributed by atoms with Gasteiger partial charge in [-0.3, -0.25) is 0 Å². The van der Waals surface area contributed by atoms with Gasteiger partial charge < -0.3 is 0 Å². The molecule has 0 saturated carbocycles. The number of aromatic nitrogens is 3. The molecule has 5 heteroatoms. The predicted molar refractivity (Wildman–Crippen MR) is 86.1 cm³/mol. The summed E-state index contributed by atoms with van der Waals surface area (Å²) in [4.78, 5) is 12.7. The first-order valence-corrected chi connectivity index (χ1v) is 7.54. The van der Waals surface area contributed by atoms with E-state index in [0.29, 0.717) is 15.3 Å². The van der Waals surface area contributed by atoms with Crippen LogP contribution in [0.1, 0.15) is 0 Å². The van der Waals surface area contributed by atoms with Gasteiger partial charge in [0.15, 0.2) is 5.82 Å². The molecule has 20 heavy (non-hydrogen) atoms. The van der Waals surface area contributed by atoms with E-state index in [1.54, 1.807) is 0 Å². The zero-order valence-corrected chi connectivity index (χ0v) is 13.5. The van der Waals surface area contributed by atoms with Gasteiger partial charge in [0.2, 0.25) is 9.47 Å². The summed E-state index contributed by atoms with van der Waals surface area (Å²) in [6.07, 6.45) is 0. The van der Waals surface area contributed by atoms with Crippen molar-refractivity contribution in [3.63, 3.8) is 0 Å². The molecule has 0 aliphatic carbocycles. The van der Waals surface area contributed by atoms with Gasteiger partial charge in [-0.1, -0.05) is 48.5 Å². The van der Waals surface area contributed by atoms with Gasteiger partial charge in [0.1, 0.15) is 0 Å². The molecular weight excluding hydrogens is 382 g/mol. The van der Waals surface area contributed by atoms with Gasteiger partial charge in [0.05, 0.1) is 0 Å². The van der Waals surface area contributed by atoms with E-state index in [2.05, 4.69) is 71.1 Å². The minimum absolute atomic E-state index is 0.513. The fourth-order valence-electron chi connectivity index (χ4n) is 1.92. The van der Waals surface area contributed by atoms with Crippen LogP contribution in [0.4, 0.5) is 0 Å². The molecule has 2 aromatic carbocycles. The summed E-state index contributed by atoms with van der Waals surface area (Å²) in [5.41, 5.74) is 3.26. The largest absolute Gasteiger partial charge is 0.202 e. The second-order valence-electron chi connectivity index (χ2n) is 4.14. The van der Waals surface area contributed by atoms with Crippen molar-refractivity contribution >= 4 is 31.9 Å². The van der Waals surface area contributed by atoms with Gasteiger partial charge in [-0.15, -0.1) is 0 Å². The van der Waals surface area contributed by atoms with Crippen LogP contribution in [-0.4, -0.2) is 15.0 Å². The lowest BCUT2D eigenvalue weighted by atomic mass is 10.0. The Morgan fingerprint density at radius 2 is 1.20 bits per heavy atom. The number of nitrogens with zero attached hydrogens (tertiary/aromatic N) is 3. The standard InChI is InChI=1S/C15H9Br2N3/c16-14-18-13(19-15(17)20-14)12-8-4-7-11(9-12)10-5-2-1-3-6-10/h1-9H. The molecule has 0 saturated heterocycles. The molecule has 0 radical (unpaired) electrons.